The molecule has 0 amide bonds. The Morgan fingerprint density at radius 3 is 2.79 bits per heavy atom. The van der Waals surface area contributed by atoms with Crippen molar-refractivity contribution in [3.8, 4) is 11.3 Å². The number of hydrogen-bond donors (Lipinski definition) is 0. The van der Waals surface area contributed by atoms with Crippen molar-refractivity contribution in [2.75, 3.05) is 0 Å². The predicted octanol–water partition coefficient (Wildman–Crippen LogP) is 2.33. The monoisotopic (exact) mass is 209 g/mol. The molecule has 3 nitrogen and oxygen atoms in total. The van der Waals surface area contributed by atoms with Crippen LogP contribution in [-0.4, -0.2) is 15.0 Å². The molecule has 0 bridgehead atoms. The lowest BCUT2D eigenvalue weighted by molar-refractivity contribution is 0.624. The first-order chi connectivity index (χ1) is 6.79. The van der Waals surface area contributed by atoms with Gasteiger partial charge in [0.2, 0.25) is 0 Å². The number of aromatic nitrogens is 3. The average molecular weight is 210 g/mol. The Labute approximate surface area is 84.6 Å². The molecule has 0 atom stereocenters. The maximum Gasteiger partial charge on any atom is 0.150 e. The van der Waals surface area contributed by atoms with Crippen LogP contribution in [0.25, 0.3) is 11.3 Å². The van der Waals surface area contributed by atoms with Gasteiger partial charge in [0.05, 0.1) is 16.9 Å². The minimum atomic E-state index is -0.451. The van der Waals surface area contributed by atoms with Gasteiger partial charge in [0.15, 0.2) is 5.82 Å². The second-order valence-electron chi connectivity index (χ2n) is 2.57. The van der Waals surface area contributed by atoms with Crippen molar-refractivity contribution >= 4 is 11.6 Å². The molecule has 0 aliphatic rings. The largest absolute Gasteiger partial charge is 0.262 e. The Morgan fingerprint density at radius 1 is 1.21 bits per heavy atom. The summed E-state index contributed by atoms with van der Waals surface area (Å²) < 4.78 is 13.3. The average Bonchev–Trinajstić information content (AvgIpc) is 2.20. The van der Waals surface area contributed by atoms with E-state index in [2.05, 4.69) is 15.0 Å². The van der Waals surface area contributed by atoms with Crippen LogP contribution in [0.2, 0.25) is 5.02 Å². The molecule has 0 aromatic carbocycles. The van der Waals surface area contributed by atoms with Crippen molar-refractivity contribution in [3.05, 3.63) is 41.8 Å². The summed E-state index contributed by atoms with van der Waals surface area (Å²) in [5.74, 6) is -0.451. The van der Waals surface area contributed by atoms with E-state index in [1.165, 1.54) is 24.8 Å². The van der Waals surface area contributed by atoms with Gasteiger partial charge in [-0.15, -0.1) is 0 Å². The van der Waals surface area contributed by atoms with Crippen molar-refractivity contribution in [3.63, 3.8) is 0 Å². The quantitative estimate of drug-likeness (QED) is 0.724. The molecule has 14 heavy (non-hydrogen) atoms. The summed E-state index contributed by atoms with van der Waals surface area (Å²) in [5, 5.41) is 0.317. The molecule has 0 aliphatic heterocycles. The highest BCUT2D eigenvalue weighted by Gasteiger charge is 2.09. The maximum absolute atomic E-state index is 13.3. The molecule has 2 aromatic rings. The molecular formula is C9H5ClFN3. The highest BCUT2D eigenvalue weighted by molar-refractivity contribution is 6.32. The van der Waals surface area contributed by atoms with Crippen molar-refractivity contribution in [2.24, 2.45) is 0 Å². The molecule has 0 radical (unpaired) electrons. The molecule has 0 unspecified atom stereocenters. The van der Waals surface area contributed by atoms with Crippen molar-refractivity contribution < 1.29 is 4.39 Å². The van der Waals surface area contributed by atoms with Gasteiger partial charge >= 0.3 is 0 Å². The van der Waals surface area contributed by atoms with E-state index in [1.54, 1.807) is 0 Å². The van der Waals surface area contributed by atoms with Crippen LogP contribution in [0.1, 0.15) is 0 Å². The molecule has 70 valence electrons. The summed E-state index contributed by atoms with van der Waals surface area (Å²) in [6, 6.07) is 1.52. The molecule has 0 N–H and O–H groups in total. The van der Waals surface area contributed by atoms with Crippen LogP contribution in [0.3, 0.4) is 0 Å². The van der Waals surface area contributed by atoms with Gasteiger partial charge in [-0.1, -0.05) is 11.6 Å². The normalized spacial score (nSPS) is 10.1. The standard InChI is InChI=1S/C9H5ClFN3/c10-7-3-13-5-14-9(7)6-1-2-12-4-8(6)11/h1-5H. The first kappa shape index (κ1) is 9.02. The fourth-order valence-electron chi connectivity index (χ4n) is 1.08. The molecule has 0 aliphatic carbocycles. The van der Waals surface area contributed by atoms with Gasteiger partial charge < -0.3 is 0 Å². The van der Waals surface area contributed by atoms with Gasteiger partial charge in [0, 0.05) is 18.0 Å². The van der Waals surface area contributed by atoms with Crippen LogP contribution in [-0.2, 0) is 0 Å². The van der Waals surface area contributed by atoms with Crippen LogP contribution >= 0.6 is 11.6 Å². The third-order valence-corrected chi connectivity index (χ3v) is 1.97. The van der Waals surface area contributed by atoms with Gasteiger partial charge in [0.1, 0.15) is 6.33 Å². The van der Waals surface area contributed by atoms with Crippen LogP contribution in [0.5, 0.6) is 0 Å². The van der Waals surface area contributed by atoms with Crippen LogP contribution in [0.15, 0.2) is 31.0 Å². The van der Waals surface area contributed by atoms with Gasteiger partial charge in [-0.05, 0) is 6.07 Å². The summed E-state index contributed by atoms with van der Waals surface area (Å²) in [4.78, 5) is 11.3. The summed E-state index contributed by atoms with van der Waals surface area (Å²) in [6.45, 7) is 0. The minimum Gasteiger partial charge on any atom is -0.262 e. The first-order valence-electron chi connectivity index (χ1n) is 3.84. The molecule has 0 saturated heterocycles. The van der Waals surface area contributed by atoms with Crippen molar-refractivity contribution in [1.29, 1.82) is 0 Å². The molecule has 0 spiro atoms. The maximum atomic E-state index is 13.3. The number of rotatable bonds is 1. The summed E-state index contributed by atoms with van der Waals surface area (Å²) in [7, 11) is 0. The Hall–Kier alpha value is -1.55. The third-order valence-electron chi connectivity index (χ3n) is 1.70. The number of hydrogen-bond acceptors (Lipinski definition) is 3. The molecule has 5 heteroatoms. The minimum absolute atomic E-state index is 0.317. The number of pyridine rings is 1. The molecule has 0 fully saturated rings. The second kappa shape index (κ2) is 3.67. The van der Waals surface area contributed by atoms with E-state index < -0.39 is 5.82 Å². The van der Waals surface area contributed by atoms with E-state index in [9.17, 15) is 4.39 Å². The smallest absolute Gasteiger partial charge is 0.150 e. The first-order valence-corrected chi connectivity index (χ1v) is 4.22. The Bertz CT molecular complexity index is 418. The van der Waals surface area contributed by atoms with Crippen molar-refractivity contribution in [1.82, 2.24) is 15.0 Å². The summed E-state index contributed by atoms with van der Waals surface area (Å²) in [6.07, 6.45) is 5.34. The zero-order valence-electron chi connectivity index (χ0n) is 6.98. The molecular weight excluding hydrogens is 205 g/mol. The third kappa shape index (κ3) is 1.56. The Balaban J connectivity index is 2.61. The van der Waals surface area contributed by atoms with Crippen LogP contribution in [0, 0.1) is 5.82 Å². The molecule has 2 heterocycles. The zero-order chi connectivity index (χ0) is 9.97. The van der Waals surface area contributed by atoms with Gasteiger partial charge in [-0.3, -0.25) is 4.98 Å². The SMILES string of the molecule is Fc1cnccc1-c1ncncc1Cl. The fraction of sp³-hybridized carbons (Fsp3) is 0. The van der Waals surface area contributed by atoms with Gasteiger partial charge in [0.25, 0.3) is 0 Å². The van der Waals surface area contributed by atoms with Gasteiger partial charge in [-0.2, -0.15) is 0 Å². The van der Waals surface area contributed by atoms with E-state index >= 15 is 0 Å². The van der Waals surface area contributed by atoms with E-state index in [1.807, 2.05) is 0 Å². The van der Waals surface area contributed by atoms with Crippen molar-refractivity contribution in [2.45, 2.75) is 0 Å². The lowest BCUT2D eigenvalue weighted by atomic mass is 10.2. The highest BCUT2D eigenvalue weighted by atomic mass is 35.5. The van der Waals surface area contributed by atoms with E-state index in [0.29, 0.717) is 16.3 Å². The summed E-state index contributed by atoms with van der Waals surface area (Å²) >= 11 is 5.82. The molecule has 0 saturated carbocycles. The highest BCUT2D eigenvalue weighted by Crippen LogP contribution is 2.25. The predicted molar refractivity (Wildman–Crippen MR) is 50.2 cm³/mol. The lowest BCUT2D eigenvalue weighted by Gasteiger charge is -2.02. The van der Waals surface area contributed by atoms with Crippen LogP contribution < -0.4 is 0 Å². The van der Waals surface area contributed by atoms with E-state index in [4.69, 9.17) is 11.6 Å². The van der Waals surface area contributed by atoms with E-state index in [0.717, 1.165) is 6.20 Å². The van der Waals surface area contributed by atoms with Gasteiger partial charge in [-0.25, -0.2) is 14.4 Å². The topological polar surface area (TPSA) is 38.7 Å². The molecule has 2 rings (SSSR count). The number of halogens is 2. The second-order valence-corrected chi connectivity index (χ2v) is 2.98. The Morgan fingerprint density at radius 2 is 2.07 bits per heavy atom. The lowest BCUT2D eigenvalue weighted by Crippen LogP contribution is -1.90. The van der Waals surface area contributed by atoms with E-state index in [-0.39, 0.29) is 0 Å². The molecule has 2 aromatic heterocycles. The fourth-order valence-corrected chi connectivity index (χ4v) is 1.29. The van der Waals surface area contributed by atoms with Crippen LogP contribution in [0.4, 0.5) is 4.39 Å². The summed E-state index contributed by atoms with van der Waals surface area (Å²) in [5.41, 5.74) is 0.703. The zero-order valence-corrected chi connectivity index (χ0v) is 7.74. The Kier molecular flexibility index (Phi) is 2.37. The number of nitrogens with zero attached hydrogens (tertiary/aromatic N) is 3.